The zero-order valence-corrected chi connectivity index (χ0v) is 16.6. The number of rotatable bonds is 7. The molecule has 2 N–H and O–H groups in total. The molecule has 0 bridgehead atoms. The van der Waals surface area contributed by atoms with E-state index in [2.05, 4.69) is 16.0 Å². The van der Waals surface area contributed by atoms with Crippen molar-refractivity contribution in [2.75, 3.05) is 13.2 Å². The smallest absolute Gasteiger partial charge is 0.341 e. The van der Waals surface area contributed by atoms with E-state index in [1.54, 1.807) is 25.1 Å². The van der Waals surface area contributed by atoms with Gasteiger partial charge in [0, 0.05) is 0 Å². The molecule has 0 unspecified atom stereocenters. The van der Waals surface area contributed by atoms with E-state index in [1.165, 1.54) is 0 Å². The maximum atomic E-state index is 10.8. The quantitative estimate of drug-likeness (QED) is 0.556. The van der Waals surface area contributed by atoms with E-state index in [9.17, 15) is 10.1 Å². The van der Waals surface area contributed by atoms with Crippen LogP contribution in [0.5, 0.6) is 11.5 Å². The highest BCUT2D eigenvalue weighted by Crippen LogP contribution is 2.37. The van der Waals surface area contributed by atoms with Crippen molar-refractivity contribution in [2.24, 2.45) is 0 Å². The number of allylic oxidation sites excluding steroid dienone is 1. The average Bonchev–Trinajstić information content (AvgIpc) is 3.08. The first-order valence-electron chi connectivity index (χ1n) is 8.80. The lowest BCUT2D eigenvalue weighted by Crippen LogP contribution is -2.10. The lowest BCUT2D eigenvalue weighted by atomic mass is 10.1. The van der Waals surface area contributed by atoms with Gasteiger partial charge in [0.1, 0.15) is 11.9 Å². The number of carbonyl (C=O) groups is 1. The minimum atomic E-state index is -1.13. The molecule has 0 saturated carbocycles. The van der Waals surface area contributed by atoms with E-state index in [0.717, 1.165) is 16.6 Å². The van der Waals surface area contributed by atoms with Gasteiger partial charge in [-0.1, -0.05) is 17.7 Å². The molecule has 0 aliphatic carbocycles. The zero-order chi connectivity index (χ0) is 21.0. The van der Waals surface area contributed by atoms with Crippen molar-refractivity contribution < 1.29 is 19.4 Å². The van der Waals surface area contributed by atoms with E-state index in [4.69, 9.17) is 26.2 Å². The summed E-state index contributed by atoms with van der Waals surface area (Å²) < 4.78 is 10.8. The molecule has 0 aliphatic rings. The number of fused-ring (bicyclic) bond motifs is 1. The van der Waals surface area contributed by atoms with E-state index in [1.807, 2.05) is 25.1 Å². The molecule has 2 aromatic carbocycles. The number of nitrogens with zero attached hydrogens (tertiary/aromatic N) is 2. The molecule has 1 heterocycles. The second-order valence-corrected chi connectivity index (χ2v) is 6.63. The monoisotopic (exact) mass is 411 g/mol. The average molecular weight is 412 g/mol. The Bertz CT molecular complexity index is 1140. The minimum Gasteiger partial charge on any atom is -0.490 e. The first kappa shape index (κ1) is 20.2. The van der Waals surface area contributed by atoms with Gasteiger partial charge in [0.25, 0.3) is 0 Å². The molecule has 8 heteroatoms. The molecule has 3 aromatic rings. The molecule has 0 amide bonds. The number of aryl methyl sites for hydroxylation is 1. The fourth-order valence-corrected chi connectivity index (χ4v) is 3.05. The van der Waals surface area contributed by atoms with Gasteiger partial charge in [-0.15, -0.1) is 0 Å². The van der Waals surface area contributed by atoms with Gasteiger partial charge in [-0.3, -0.25) is 0 Å². The van der Waals surface area contributed by atoms with Crippen LogP contribution in [-0.4, -0.2) is 34.3 Å². The predicted molar refractivity (Wildman–Crippen MR) is 110 cm³/mol. The Morgan fingerprint density at radius 3 is 2.83 bits per heavy atom. The molecular weight excluding hydrogens is 394 g/mol. The van der Waals surface area contributed by atoms with Crippen LogP contribution in [0.2, 0.25) is 5.02 Å². The lowest BCUT2D eigenvalue weighted by Gasteiger charge is -2.13. The number of carboxylic acid groups (broad SMARTS) is 1. The van der Waals surface area contributed by atoms with Gasteiger partial charge in [-0.2, -0.15) is 5.26 Å². The summed E-state index contributed by atoms with van der Waals surface area (Å²) in [5.41, 5.74) is 3.59. The van der Waals surface area contributed by atoms with E-state index in [0.29, 0.717) is 29.3 Å². The summed E-state index contributed by atoms with van der Waals surface area (Å²) >= 11 is 6.27. The van der Waals surface area contributed by atoms with Crippen molar-refractivity contribution in [1.82, 2.24) is 9.97 Å². The van der Waals surface area contributed by atoms with E-state index in [-0.39, 0.29) is 10.8 Å². The second kappa shape index (κ2) is 8.67. The number of hydrogen-bond acceptors (Lipinski definition) is 5. The highest BCUT2D eigenvalue weighted by Gasteiger charge is 2.15. The van der Waals surface area contributed by atoms with Gasteiger partial charge < -0.3 is 19.6 Å². The molecule has 1 aromatic heterocycles. The number of hydrogen-bond donors (Lipinski definition) is 2. The Hall–Kier alpha value is -3.50. The van der Waals surface area contributed by atoms with Crippen LogP contribution in [-0.2, 0) is 4.79 Å². The number of ether oxygens (including phenoxy) is 2. The fourth-order valence-electron chi connectivity index (χ4n) is 2.78. The number of halogens is 1. The second-order valence-electron chi connectivity index (χ2n) is 6.22. The highest BCUT2D eigenvalue weighted by atomic mass is 35.5. The number of nitriles is 1. The molecular formula is C21H18ClN3O4. The summed E-state index contributed by atoms with van der Waals surface area (Å²) in [6.07, 6.45) is 1.62. The number of imidazole rings is 1. The lowest BCUT2D eigenvalue weighted by molar-refractivity contribution is -0.139. The van der Waals surface area contributed by atoms with Crippen LogP contribution in [0.3, 0.4) is 0 Å². The summed E-state index contributed by atoms with van der Waals surface area (Å²) in [5.74, 6) is -0.247. The summed E-state index contributed by atoms with van der Waals surface area (Å²) in [6, 6.07) is 11.1. The summed E-state index contributed by atoms with van der Waals surface area (Å²) in [6.45, 7) is 3.55. The number of benzene rings is 2. The van der Waals surface area contributed by atoms with Crippen molar-refractivity contribution in [1.29, 1.82) is 5.26 Å². The van der Waals surface area contributed by atoms with Crippen LogP contribution in [0, 0.1) is 18.3 Å². The third-order valence-corrected chi connectivity index (χ3v) is 4.28. The maximum absolute atomic E-state index is 10.8. The SMILES string of the molecule is CCOc1cc(/C=C(/C#N)c2nc3ccc(C)cc3[nH]2)cc(Cl)c1OCC(=O)O. The molecule has 0 atom stereocenters. The number of nitrogens with one attached hydrogen (secondary N) is 1. The zero-order valence-electron chi connectivity index (χ0n) is 15.8. The molecule has 7 nitrogen and oxygen atoms in total. The van der Waals surface area contributed by atoms with Crippen LogP contribution >= 0.6 is 11.6 Å². The Balaban J connectivity index is 2.01. The van der Waals surface area contributed by atoms with Gasteiger partial charge in [0.15, 0.2) is 18.1 Å². The van der Waals surface area contributed by atoms with Crippen LogP contribution in [0.25, 0.3) is 22.7 Å². The molecule has 0 fully saturated rings. The fraction of sp³-hybridized carbons (Fsp3) is 0.190. The van der Waals surface area contributed by atoms with Gasteiger partial charge in [-0.25, -0.2) is 9.78 Å². The topological polar surface area (TPSA) is 108 Å². The normalized spacial score (nSPS) is 11.3. The maximum Gasteiger partial charge on any atom is 0.341 e. The number of aromatic nitrogens is 2. The first-order chi connectivity index (χ1) is 13.9. The molecule has 0 spiro atoms. The van der Waals surface area contributed by atoms with Crippen LogP contribution in [0.1, 0.15) is 23.9 Å². The summed E-state index contributed by atoms with van der Waals surface area (Å²) in [7, 11) is 0. The number of H-pyrrole nitrogens is 1. The molecule has 0 radical (unpaired) electrons. The van der Waals surface area contributed by atoms with Crippen LogP contribution < -0.4 is 9.47 Å². The van der Waals surface area contributed by atoms with Gasteiger partial charge in [0.2, 0.25) is 0 Å². The summed E-state index contributed by atoms with van der Waals surface area (Å²) in [4.78, 5) is 18.4. The van der Waals surface area contributed by atoms with Crippen LogP contribution in [0.4, 0.5) is 0 Å². The standard InChI is InChI=1S/C21H18ClN3O4/c1-3-28-18-9-13(8-15(22)20(18)29-11-19(26)27)7-14(10-23)21-24-16-5-4-12(2)6-17(16)25-21/h4-9H,3,11H2,1-2H3,(H,24,25)(H,26,27)/b14-7-. The van der Waals surface area contributed by atoms with Crippen molar-refractivity contribution in [3.8, 4) is 17.6 Å². The van der Waals surface area contributed by atoms with E-state index < -0.39 is 12.6 Å². The predicted octanol–water partition coefficient (Wildman–Crippen LogP) is 4.45. The number of carboxylic acids is 1. The Kier molecular flexibility index (Phi) is 6.05. The Morgan fingerprint density at radius 1 is 1.34 bits per heavy atom. The number of aromatic amines is 1. The van der Waals surface area contributed by atoms with Crippen molar-refractivity contribution in [3.05, 3.63) is 52.3 Å². The molecule has 29 heavy (non-hydrogen) atoms. The molecule has 0 aliphatic heterocycles. The van der Waals surface area contributed by atoms with Crippen molar-refractivity contribution >= 4 is 40.3 Å². The number of aliphatic carboxylic acids is 1. The van der Waals surface area contributed by atoms with Crippen molar-refractivity contribution in [2.45, 2.75) is 13.8 Å². The Labute approximate surface area is 172 Å². The Morgan fingerprint density at radius 2 is 2.14 bits per heavy atom. The van der Waals surface area contributed by atoms with Crippen molar-refractivity contribution in [3.63, 3.8) is 0 Å². The molecule has 0 saturated heterocycles. The highest BCUT2D eigenvalue weighted by molar-refractivity contribution is 6.32. The first-order valence-corrected chi connectivity index (χ1v) is 9.18. The third-order valence-electron chi connectivity index (χ3n) is 4.00. The van der Waals surface area contributed by atoms with Gasteiger partial charge in [0.05, 0.1) is 28.2 Å². The minimum absolute atomic E-state index is 0.144. The van der Waals surface area contributed by atoms with E-state index >= 15 is 0 Å². The molecule has 3 rings (SSSR count). The summed E-state index contributed by atoms with van der Waals surface area (Å²) in [5, 5.41) is 18.6. The van der Waals surface area contributed by atoms with Gasteiger partial charge >= 0.3 is 5.97 Å². The largest absolute Gasteiger partial charge is 0.490 e. The molecule has 148 valence electrons. The third kappa shape index (κ3) is 4.68. The van der Waals surface area contributed by atoms with Gasteiger partial charge in [-0.05, 0) is 55.3 Å². The van der Waals surface area contributed by atoms with Crippen LogP contribution in [0.15, 0.2) is 30.3 Å².